The molecule has 0 unspecified atom stereocenters. The van der Waals surface area contributed by atoms with Gasteiger partial charge in [-0.2, -0.15) is 0 Å². The molecule has 4 heteroatoms. The van der Waals surface area contributed by atoms with Gasteiger partial charge in [0.25, 0.3) is 11.8 Å². The van der Waals surface area contributed by atoms with Crippen LogP contribution in [0.4, 0.5) is 5.69 Å². The highest BCUT2D eigenvalue weighted by molar-refractivity contribution is 6.34. The van der Waals surface area contributed by atoms with Gasteiger partial charge in [0.2, 0.25) is 0 Å². The molecule has 1 aliphatic heterocycles. The van der Waals surface area contributed by atoms with Crippen molar-refractivity contribution in [2.45, 2.75) is 13.8 Å². The number of nitrogens with zero attached hydrogens (tertiary/aromatic N) is 1. The summed E-state index contributed by atoms with van der Waals surface area (Å²) >= 11 is 0. The first-order valence-corrected chi connectivity index (χ1v) is 6.59. The first-order valence-electron chi connectivity index (χ1n) is 6.59. The minimum atomic E-state index is -0.328. The first kappa shape index (κ1) is 13.2. The lowest BCUT2D eigenvalue weighted by Crippen LogP contribution is -2.29. The summed E-state index contributed by atoms with van der Waals surface area (Å²) in [5.41, 5.74) is 2.80. The van der Waals surface area contributed by atoms with Crippen molar-refractivity contribution in [1.82, 2.24) is 0 Å². The molecule has 0 bridgehead atoms. The molecule has 1 heterocycles. The molecule has 2 amide bonds. The van der Waals surface area contributed by atoms with E-state index < -0.39 is 0 Å². The van der Waals surface area contributed by atoms with E-state index in [-0.39, 0.29) is 17.6 Å². The van der Waals surface area contributed by atoms with E-state index in [1.165, 1.54) is 6.92 Å². The predicted octanol–water partition coefficient (Wildman–Crippen LogP) is 3.00. The Morgan fingerprint density at radius 2 is 1.52 bits per heavy atom. The number of ketones is 1. The van der Waals surface area contributed by atoms with Crippen LogP contribution in [0.5, 0.6) is 0 Å². The summed E-state index contributed by atoms with van der Waals surface area (Å²) in [6.45, 7) is 3.35. The molecule has 3 rings (SSSR count). The molecule has 2 aromatic carbocycles. The Labute approximate surface area is 122 Å². The second-order valence-corrected chi connectivity index (χ2v) is 5.10. The minimum absolute atomic E-state index is 0.0560. The third kappa shape index (κ3) is 2.05. The molecule has 0 saturated heterocycles. The van der Waals surface area contributed by atoms with Gasteiger partial charge in [0.05, 0.1) is 16.8 Å². The summed E-state index contributed by atoms with van der Waals surface area (Å²) in [5, 5.41) is 0. The fraction of sp³-hybridized carbons (Fsp3) is 0.118. The van der Waals surface area contributed by atoms with E-state index in [9.17, 15) is 14.4 Å². The van der Waals surface area contributed by atoms with Crippen molar-refractivity contribution in [1.29, 1.82) is 0 Å². The maximum absolute atomic E-state index is 12.4. The number of carbonyl (C=O) groups excluding carboxylic acids is 3. The number of rotatable bonds is 2. The van der Waals surface area contributed by atoms with Crippen LogP contribution in [-0.2, 0) is 0 Å². The molecule has 21 heavy (non-hydrogen) atoms. The Bertz CT molecular complexity index is 775. The highest BCUT2D eigenvalue weighted by Gasteiger charge is 2.36. The normalized spacial score (nSPS) is 13.5. The molecular formula is C17H13NO3. The number of anilines is 1. The second kappa shape index (κ2) is 4.66. The lowest BCUT2D eigenvalue weighted by Gasteiger charge is -2.13. The Hall–Kier alpha value is -2.75. The number of imide groups is 1. The Kier molecular flexibility index (Phi) is 2.94. The van der Waals surface area contributed by atoms with Gasteiger partial charge >= 0.3 is 0 Å². The molecule has 0 aromatic heterocycles. The maximum Gasteiger partial charge on any atom is 0.266 e. The molecular weight excluding hydrogens is 266 g/mol. The van der Waals surface area contributed by atoms with E-state index in [1.54, 1.807) is 36.4 Å². The topological polar surface area (TPSA) is 54.5 Å². The molecule has 0 aliphatic carbocycles. The molecule has 2 aromatic rings. The van der Waals surface area contributed by atoms with E-state index in [0.717, 1.165) is 10.5 Å². The summed E-state index contributed by atoms with van der Waals surface area (Å²) in [7, 11) is 0. The highest BCUT2D eigenvalue weighted by atomic mass is 16.2. The van der Waals surface area contributed by atoms with Gasteiger partial charge in [0, 0.05) is 5.56 Å². The average Bonchev–Trinajstić information content (AvgIpc) is 2.70. The maximum atomic E-state index is 12.4. The molecule has 0 radical (unpaired) electrons. The molecule has 0 atom stereocenters. The molecule has 104 valence electrons. The fourth-order valence-electron chi connectivity index (χ4n) is 2.43. The molecule has 0 saturated carbocycles. The number of carbonyl (C=O) groups is 3. The fourth-order valence-corrected chi connectivity index (χ4v) is 2.43. The molecule has 1 aliphatic rings. The predicted molar refractivity (Wildman–Crippen MR) is 78.8 cm³/mol. The molecule has 4 nitrogen and oxygen atoms in total. The van der Waals surface area contributed by atoms with Gasteiger partial charge < -0.3 is 0 Å². The van der Waals surface area contributed by atoms with Gasteiger partial charge in [-0.25, -0.2) is 4.90 Å². The summed E-state index contributed by atoms with van der Waals surface area (Å²) in [6.07, 6.45) is 0. The van der Waals surface area contributed by atoms with Gasteiger partial charge in [0.1, 0.15) is 0 Å². The van der Waals surface area contributed by atoms with Crippen LogP contribution in [0.25, 0.3) is 0 Å². The Morgan fingerprint density at radius 1 is 0.905 bits per heavy atom. The number of aryl methyl sites for hydroxylation is 1. The van der Waals surface area contributed by atoms with E-state index in [0.29, 0.717) is 22.4 Å². The van der Waals surface area contributed by atoms with Crippen molar-refractivity contribution < 1.29 is 14.4 Å². The smallest absolute Gasteiger partial charge is 0.266 e. The van der Waals surface area contributed by atoms with Crippen LogP contribution < -0.4 is 4.90 Å². The largest absolute Gasteiger partial charge is 0.295 e. The number of amides is 2. The van der Waals surface area contributed by atoms with Crippen molar-refractivity contribution in [3.63, 3.8) is 0 Å². The SMILES string of the molecule is CC(=O)c1ccc(N2C(=O)c3ccc(C)cc3C2=O)cc1. The van der Waals surface area contributed by atoms with Crippen molar-refractivity contribution in [2.24, 2.45) is 0 Å². The van der Waals surface area contributed by atoms with Gasteiger partial charge in [0.15, 0.2) is 5.78 Å². The number of hydrogen-bond donors (Lipinski definition) is 0. The molecule has 0 N–H and O–H groups in total. The van der Waals surface area contributed by atoms with Crippen LogP contribution in [-0.4, -0.2) is 17.6 Å². The number of hydrogen-bond acceptors (Lipinski definition) is 3. The van der Waals surface area contributed by atoms with Gasteiger partial charge in [-0.15, -0.1) is 0 Å². The zero-order valence-electron chi connectivity index (χ0n) is 11.7. The first-order chi connectivity index (χ1) is 9.99. The summed E-state index contributed by atoms with van der Waals surface area (Å²) in [6, 6.07) is 11.7. The minimum Gasteiger partial charge on any atom is -0.295 e. The second-order valence-electron chi connectivity index (χ2n) is 5.10. The van der Waals surface area contributed by atoms with Gasteiger partial charge in [-0.05, 0) is 50.2 Å². The number of Topliss-reactive ketones (excluding diaryl/α,β-unsaturated/α-hetero) is 1. The average molecular weight is 279 g/mol. The van der Waals surface area contributed by atoms with E-state index in [4.69, 9.17) is 0 Å². The molecule has 0 spiro atoms. The number of fused-ring (bicyclic) bond motifs is 1. The van der Waals surface area contributed by atoms with Crippen molar-refractivity contribution in [2.75, 3.05) is 4.90 Å². The van der Waals surface area contributed by atoms with E-state index in [2.05, 4.69) is 0 Å². The third-order valence-corrected chi connectivity index (χ3v) is 3.57. The Morgan fingerprint density at radius 3 is 2.14 bits per heavy atom. The molecule has 0 fully saturated rings. The van der Waals surface area contributed by atoms with Crippen LogP contribution in [0.3, 0.4) is 0 Å². The Balaban J connectivity index is 2.03. The number of benzene rings is 2. The van der Waals surface area contributed by atoms with Crippen LogP contribution >= 0.6 is 0 Å². The summed E-state index contributed by atoms with van der Waals surface area (Å²) in [4.78, 5) is 37.2. The highest BCUT2D eigenvalue weighted by Crippen LogP contribution is 2.29. The van der Waals surface area contributed by atoms with Crippen LogP contribution in [0.1, 0.15) is 43.6 Å². The monoisotopic (exact) mass is 279 g/mol. The third-order valence-electron chi connectivity index (χ3n) is 3.57. The summed E-state index contributed by atoms with van der Waals surface area (Å²) in [5.74, 6) is -0.709. The van der Waals surface area contributed by atoms with Crippen LogP contribution in [0, 0.1) is 6.92 Å². The zero-order valence-corrected chi connectivity index (χ0v) is 11.7. The summed E-state index contributed by atoms with van der Waals surface area (Å²) < 4.78 is 0. The van der Waals surface area contributed by atoms with E-state index >= 15 is 0 Å². The van der Waals surface area contributed by atoms with Crippen molar-refractivity contribution >= 4 is 23.3 Å². The van der Waals surface area contributed by atoms with Crippen LogP contribution in [0.2, 0.25) is 0 Å². The van der Waals surface area contributed by atoms with Gasteiger partial charge in [-0.3, -0.25) is 14.4 Å². The van der Waals surface area contributed by atoms with Crippen LogP contribution in [0.15, 0.2) is 42.5 Å². The van der Waals surface area contributed by atoms with Crippen molar-refractivity contribution in [3.8, 4) is 0 Å². The quantitative estimate of drug-likeness (QED) is 0.627. The van der Waals surface area contributed by atoms with Gasteiger partial charge in [-0.1, -0.05) is 11.6 Å². The van der Waals surface area contributed by atoms with Crippen molar-refractivity contribution in [3.05, 3.63) is 64.7 Å². The lowest BCUT2D eigenvalue weighted by molar-refractivity contribution is 0.0925. The lowest BCUT2D eigenvalue weighted by atomic mass is 10.1. The standard InChI is InChI=1S/C17H13NO3/c1-10-3-8-14-15(9-10)17(21)18(16(14)20)13-6-4-12(5-7-13)11(2)19/h3-9H,1-2H3. The zero-order chi connectivity index (χ0) is 15.1. The van der Waals surface area contributed by atoms with E-state index in [1.807, 2.05) is 13.0 Å².